The van der Waals surface area contributed by atoms with Gasteiger partial charge in [-0.2, -0.15) is 4.98 Å². The SMILES string of the molecule is CNC(=O)/C=C/c1cc2cc(Nc3nc(N4CCC(C)CC4)ncc3Cl)ccc2n(C)c1=O. The molecular formula is C24H27ClN6O2. The van der Waals surface area contributed by atoms with Gasteiger partial charge in [0.2, 0.25) is 11.9 Å². The van der Waals surface area contributed by atoms with Crippen LogP contribution in [0.3, 0.4) is 0 Å². The van der Waals surface area contributed by atoms with Gasteiger partial charge in [-0.3, -0.25) is 9.59 Å². The maximum absolute atomic E-state index is 12.6. The number of hydrogen-bond donors (Lipinski definition) is 2. The van der Waals surface area contributed by atoms with E-state index in [2.05, 4.69) is 32.4 Å². The Labute approximate surface area is 197 Å². The Bertz CT molecular complexity index is 1280. The number of aromatic nitrogens is 3. The van der Waals surface area contributed by atoms with Gasteiger partial charge in [0.05, 0.1) is 11.7 Å². The number of fused-ring (bicyclic) bond motifs is 1. The Hall–Kier alpha value is -3.39. The summed E-state index contributed by atoms with van der Waals surface area (Å²) in [6.07, 6.45) is 6.72. The van der Waals surface area contributed by atoms with Crippen LogP contribution in [0, 0.1) is 5.92 Å². The first-order chi connectivity index (χ1) is 15.9. The summed E-state index contributed by atoms with van der Waals surface area (Å²) in [4.78, 5) is 35.5. The molecule has 0 unspecified atom stereocenters. The number of likely N-dealkylation sites (N-methyl/N-ethyl adjacent to an activating group) is 1. The van der Waals surface area contributed by atoms with E-state index in [9.17, 15) is 9.59 Å². The van der Waals surface area contributed by atoms with E-state index in [-0.39, 0.29) is 11.5 Å². The fraction of sp³-hybridized carbons (Fsp3) is 0.333. The number of rotatable bonds is 5. The Kier molecular flexibility index (Phi) is 6.65. The summed E-state index contributed by atoms with van der Waals surface area (Å²) in [6, 6.07) is 7.44. The van der Waals surface area contributed by atoms with Crippen molar-refractivity contribution in [1.29, 1.82) is 0 Å². The molecule has 0 saturated carbocycles. The van der Waals surface area contributed by atoms with Gasteiger partial charge in [-0.1, -0.05) is 18.5 Å². The second kappa shape index (κ2) is 9.62. The maximum atomic E-state index is 12.6. The molecule has 1 amide bonds. The van der Waals surface area contributed by atoms with Crippen LogP contribution < -0.4 is 21.1 Å². The summed E-state index contributed by atoms with van der Waals surface area (Å²) in [5.41, 5.74) is 1.80. The smallest absolute Gasteiger partial charge is 0.258 e. The molecule has 9 heteroatoms. The van der Waals surface area contributed by atoms with Gasteiger partial charge in [0.15, 0.2) is 5.82 Å². The summed E-state index contributed by atoms with van der Waals surface area (Å²) >= 11 is 6.38. The number of benzene rings is 1. The van der Waals surface area contributed by atoms with Gasteiger partial charge in [-0.15, -0.1) is 0 Å². The number of nitrogens with zero attached hydrogens (tertiary/aromatic N) is 4. The van der Waals surface area contributed by atoms with Crippen LogP contribution in [-0.4, -0.2) is 40.6 Å². The average Bonchev–Trinajstić information content (AvgIpc) is 2.82. The molecule has 1 fully saturated rings. The Morgan fingerprint density at radius 1 is 1.24 bits per heavy atom. The number of aryl methyl sites for hydroxylation is 1. The number of halogens is 1. The van der Waals surface area contributed by atoms with Crippen LogP contribution >= 0.6 is 11.6 Å². The zero-order valence-corrected chi connectivity index (χ0v) is 19.7. The van der Waals surface area contributed by atoms with Gasteiger partial charge < -0.3 is 20.1 Å². The van der Waals surface area contributed by atoms with E-state index in [0.29, 0.717) is 22.4 Å². The molecule has 2 aromatic heterocycles. The van der Waals surface area contributed by atoms with Crippen LogP contribution in [0.25, 0.3) is 17.0 Å². The van der Waals surface area contributed by atoms with E-state index in [4.69, 9.17) is 11.6 Å². The number of nitrogens with one attached hydrogen (secondary N) is 2. The Balaban J connectivity index is 1.64. The zero-order valence-electron chi connectivity index (χ0n) is 18.9. The van der Waals surface area contributed by atoms with Gasteiger partial charge in [-0.05, 0) is 49.1 Å². The van der Waals surface area contributed by atoms with Gasteiger partial charge in [0.25, 0.3) is 5.56 Å². The second-order valence-corrected chi connectivity index (χ2v) is 8.75. The maximum Gasteiger partial charge on any atom is 0.258 e. The largest absolute Gasteiger partial charge is 0.356 e. The highest BCUT2D eigenvalue weighted by atomic mass is 35.5. The monoisotopic (exact) mass is 466 g/mol. The van der Waals surface area contributed by atoms with Crippen molar-refractivity contribution in [1.82, 2.24) is 19.9 Å². The predicted octanol–water partition coefficient (Wildman–Crippen LogP) is 3.72. The third kappa shape index (κ3) is 5.01. The molecule has 0 bridgehead atoms. The van der Waals surface area contributed by atoms with Crippen molar-refractivity contribution < 1.29 is 4.79 Å². The lowest BCUT2D eigenvalue weighted by molar-refractivity contribution is -0.115. The molecule has 172 valence electrons. The molecule has 0 spiro atoms. The first kappa shape index (κ1) is 22.8. The number of carbonyl (C=O) groups is 1. The molecule has 3 aromatic rings. The predicted molar refractivity (Wildman–Crippen MR) is 133 cm³/mol. The normalized spacial score (nSPS) is 14.7. The summed E-state index contributed by atoms with van der Waals surface area (Å²) in [7, 11) is 3.25. The number of anilines is 3. The van der Waals surface area contributed by atoms with Crippen molar-refractivity contribution >= 4 is 51.9 Å². The lowest BCUT2D eigenvalue weighted by atomic mass is 10.00. The molecule has 4 rings (SSSR count). The van der Waals surface area contributed by atoms with Gasteiger partial charge in [0, 0.05) is 49.9 Å². The molecule has 1 saturated heterocycles. The van der Waals surface area contributed by atoms with Crippen molar-refractivity contribution in [2.45, 2.75) is 19.8 Å². The Morgan fingerprint density at radius 3 is 2.73 bits per heavy atom. The van der Waals surface area contributed by atoms with Gasteiger partial charge >= 0.3 is 0 Å². The molecule has 1 aromatic carbocycles. The molecule has 1 aliphatic heterocycles. The third-order valence-electron chi connectivity index (χ3n) is 5.97. The quantitative estimate of drug-likeness (QED) is 0.557. The molecule has 0 aliphatic carbocycles. The Morgan fingerprint density at radius 2 is 2.00 bits per heavy atom. The molecule has 2 N–H and O–H groups in total. The van der Waals surface area contributed by atoms with E-state index >= 15 is 0 Å². The van der Waals surface area contributed by atoms with E-state index in [0.717, 1.165) is 48.4 Å². The minimum absolute atomic E-state index is 0.178. The first-order valence-electron chi connectivity index (χ1n) is 10.9. The van der Waals surface area contributed by atoms with Crippen molar-refractivity contribution in [3.8, 4) is 0 Å². The number of carbonyl (C=O) groups excluding carboxylic acids is 1. The molecule has 3 heterocycles. The fourth-order valence-electron chi connectivity index (χ4n) is 3.90. The summed E-state index contributed by atoms with van der Waals surface area (Å²) in [5, 5.41) is 7.06. The van der Waals surface area contributed by atoms with Crippen LogP contribution in [0.2, 0.25) is 5.02 Å². The third-order valence-corrected chi connectivity index (χ3v) is 6.25. The number of piperidine rings is 1. The summed E-state index contributed by atoms with van der Waals surface area (Å²) < 4.78 is 1.57. The van der Waals surface area contributed by atoms with Crippen molar-refractivity contribution in [3.63, 3.8) is 0 Å². The lowest BCUT2D eigenvalue weighted by Gasteiger charge is -2.30. The van der Waals surface area contributed by atoms with Crippen LogP contribution in [-0.2, 0) is 11.8 Å². The van der Waals surface area contributed by atoms with Crippen LogP contribution in [0.5, 0.6) is 0 Å². The molecule has 33 heavy (non-hydrogen) atoms. The minimum atomic E-state index is -0.273. The summed E-state index contributed by atoms with van der Waals surface area (Å²) in [6.45, 7) is 4.12. The molecule has 0 atom stereocenters. The van der Waals surface area contributed by atoms with Crippen molar-refractivity contribution in [2.24, 2.45) is 13.0 Å². The van der Waals surface area contributed by atoms with Crippen LogP contribution in [0.15, 0.2) is 41.3 Å². The highest BCUT2D eigenvalue weighted by Gasteiger charge is 2.19. The highest BCUT2D eigenvalue weighted by molar-refractivity contribution is 6.32. The fourth-order valence-corrected chi connectivity index (χ4v) is 4.04. The highest BCUT2D eigenvalue weighted by Crippen LogP contribution is 2.28. The topological polar surface area (TPSA) is 92.2 Å². The number of amides is 1. The second-order valence-electron chi connectivity index (χ2n) is 8.35. The van der Waals surface area contributed by atoms with Gasteiger partial charge in [-0.25, -0.2) is 4.98 Å². The van der Waals surface area contributed by atoms with E-state index in [1.807, 2.05) is 18.2 Å². The van der Waals surface area contributed by atoms with Crippen molar-refractivity contribution in [3.05, 3.63) is 57.5 Å². The number of hydrogen-bond acceptors (Lipinski definition) is 6. The first-order valence-corrected chi connectivity index (χ1v) is 11.3. The summed E-state index contributed by atoms with van der Waals surface area (Å²) in [5.74, 6) is 1.64. The molecule has 8 nitrogen and oxygen atoms in total. The molecule has 1 aliphatic rings. The van der Waals surface area contributed by atoms with Crippen molar-refractivity contribution in [2.75, 3.05) is 30.4 Å². The standard InChI is InChI=1S/C24H27ClN6O2/c1-15-8-10-31(11-9-15)24-27-14-19(25)22(29-24)28-18-5-6-20-17(13-18)12-16(23(33)30(20)3)4-7-21(32)26-2/h4-7,12-15H,8-11H2,1-3H3,(H,26,32)(H,27,28,29)/b7-4+. The van der Waals surface area contributed by atoms with Crippen LogP contribution in [0.1, 0.15) is 25.3 Å². The lowest BCUT2D eigenvalue weighted by Crippen LogP contribution is -2.34. The minimum Gasteiger partial charge on any atom is -0.356 e. The van der Waals surface area contributed by atoms with E-state index in [1.54, 1.807) is 30.9 Å². The average molecular weight is 467 g/mol. The zero-order chi connectivity index (χ0) is 23.5. The van der Waals surface area contributed by atoms with Crippen LogP contribution in [0.4, 0.5) is 17.5 Å². The molecule has 0 radical (unpaired) electrons. The number of pyridine rings is 1. The molecular weight excluding hydrogens is 440 g/mol. The van der Waals surface area contributed by atoms with Gasteiger partial charge in [0.1, 0.15) is 5.02 Å². The van der Waals surface area contributed by atoms with E-state index in [1.165, 1.54) is 12.2 Å². The van der Waals surface area contributed by atoms with E-state index < -0.39 is 0 Å².